The van der Waals surface area contributed by atoms with Gasteiger partial charge in [-0.3, -0.25) is 4.79 Å². The molecule has 24 heavy (non-hydrogen) atoms. The Morgan fingerprint density at radius 3 is 1.88 bits per heavy atom. The number of carbonyl (C=O) groups excluding carboxylic acids is 1. The summed E-state index contributed by atoms with van der Waals surface area (Å²) < 4.78 is 13.9. The Balaban J connectivity index is 1.89. The average Bonchev–Trinajstić information content (AvgIpc) is 2.63. The Hall–Kier alpha value is -3.01. The highest BCUT2D eigenvalue weighted by atomic mass is 19.1. The number of halogens is 1. The predicted octanol–water partition coefficient (Wildman–Crippen LogP) is 4.06. The van der Waals surface area contributed by atoms with Crippen molar-refractivity contribution in [3.63, 3.8) is 0 Å². The minimum atomic E-state index is -0.742. The van der Waals surface area contributed by atoms with Crippen LogP contribution < -0.4 is 0 Å². The molecule has 0 aliphatic heterocycles. The minimum Gasteiger partial charge on any atom is -0.330 e. The predicted molar refractivity (Wildman–Crippen MR) is 90.7 cm³/mol. The zero-order chi connectivity index (χ0) is 16.8. The van der Waals surface area contributed by atoms with Crippen LogP contribution in [0.15, 0.2) is 79.0 Å². The number of aromatic nitrogens is 1. The highest BCUT2D eigenvalue weighted by Gasteiger charge is 2.20. The van der Waals surface area contributed by atoms with Gasteiger partial charge in [0.25, 0.3) is 5.91 Å². The third-order valence-electron chi connectivity index (χ3n) is 3.71. The van der Waals surface area contributed by atoms with Crippen molar-refractivity contribution < 1.29 is 9.18 Å². The number of amides is 1. The van der Waals surface area contributed by atoms with E-state index in [1.165, 1.54) is 12.3 Å². The zero-order valence-electron chi connectivity index (χ0n) is 13.1. The first-order valence-corrected chi connectivity index (χ1v) is 7.71. The summed E-state index contributed by atoms with van der Waals surface area (Å²) in [4.78, 5) is 18.0. The van der Waals surface area contributed by atoms with E-state index >= 15 is 0 Å². The van der Waals surface area contributed by atoms with Gasteiger partial charge in [-0.2, -0.15) is 4.39 Å². The van der Waals surface area contributed by atoms with Crippen molar-refractivity contribution in [1.29, 1.82) is 0 Å². The molecule has 3 rings (SSSR count). The van der Waals surface area contributed by atoms with Gasteiger partial charge in [0, 0.05) is 19.3 Å². The number of nitrogens with zero attached hydrogens (tertiary/aromatic N) is 2. The van der Waals surface area contributed by atoms with Crippen LogP contribution in [-0.4, -0.2) is 15.8 Å². The SMILES string of the molecule is O=C(c1cccnc1F)N(Cc1ccccc1)Cc1ccccc1. The number of rotatable bonds is 5. The van der Waals surface area contributed by atoms with Crippen LogP contribution >= 0.6 is 0 Å². The molecule has 0 unspecified atom stereocenters. The Bertz CT molecular complexity index is 765. The molecule has 0 aliphatic rings. The van der Waals surface area contributed by atoms with Crippen LogP contribution in [0, 0.1) is 5.95 Å². The van der Waals surface area contributed by atoms with Crippen LogP contribution in [0.2, 0.25) is 0 Å². The Morgan fingerprint density at radius 1 is 0.833 bits per heavy atom. The van der Waals surface area contributed by atoms with E-state index < -0.39 is 5.95 Å². The summed E-state index contributed by atoms with van der Waals surface area (Å²) in [5.74, 6) is -1.11. The molecule has 2 aromatic carbocycles. The fourth-order valence-electron chi connectivity index (χ4n) is 2.52. The van der Waals surface area contributed by atoms with E-state index in [2.05, 4.69) is 4.98 Å². The standard InChI is InChI=1S/C20H17FN2O/c21-19-18(12-7-13-22-19)20(24)23(14-16-8-3-1-4-9-16)15-17-10-5-2-6-11-17/h1-13H,14-15H2. The molecule has 0 saturated carbocycles. The molecule has 3 nitrogen and oxygen atoms in total. The summed E-state index contributed by atoms with van der Waals surface area (Å²) in [5.41, 5.74) is 1.97. The molecule has 1 amide bonds. The van der Waals surface area contributed by atoms with E-state index in [1.54, 1.807) is 11.0 Å². The van der Waals surface area contributed by atoms with Gasteiger partial charge in [-0.05, 0) is 23.3 Å². The lowest BCUT2D eigenvalue weighted by Crippen LogP contribution is -2.31. The van der Waals surface area contributed by atoms with Crippen molar-refractivity contribution in [2.75, 3.05) is 0 Å². The molecule has 0 fully saturated rings. The van der Waals surface area contributed by atoms with Crippen molar-refractivity contribution in [2.24, 2.45) is 0 Å². The van der Waals surface area contributed by atoms with Crippen LogP contribution in [0.3, 0.4) is 0 Å². The highest BCUT2D eigenvalue weighted by Crippen LogP contribution is 2.15. The van der Waals surface area contributed by atoms with Crippen LogP contribution in [0.1, 0.15) is 21.5 Å². The average molecular weight is 320 g/mol. The first kappa shape index (κ1) is 15.9. The van der Waals surface area contributed by atoms with Crippen molar-refractivity contribution in [3.8, 4) is 0 Å². The van der Waals surface area contributed by atoms with Gasteiger partial charge >= 0.3 is 0 Å². The quantitative estimate of drug-likeness (QED) is 0.664. The van der Waals surface area contributed by atoms with Crippen LogP contribution in [0.5, 0.6) is 0 Å². The molecular weight excluding hydrogens is 303 g/mol. The molecule has 0 spiro atoms. The maximum atomic E-state index is 13.9. The molecule has 0 radical (unpaired) electrons. The minimum absolute atomic E-state index is 0.00985. The third-order valence-corrected chi connectivity index (χ3v) is 3.71. The van der Waals surface area contributed by atoms with Crippen molar-refractivity contribution in [3.05, 3.63) is 102 Å². The van der Waals surface area contributed by atoms with Gasteiger partial charge in [-0.15, -0.1) is 0 Å². The molecule has 0 N–H and O–H groups in total. The first-order chi connectivity index (χ1) is 11.7. The maximum Gasteiger partial charge on any atom is 0.259 e. The lowest BCUT2D eigenvalue weighted by Gasteiger charge is -2.23. The molecule has 0 aliphatic carbocycles. The molecule has 1 heterocycles. The summed E-state index contributed by atoms with van der Waals surface area (Å²) >= 11 is 0. The van der Waals surface area contributed by atoms with Crippen LogP contribution in [0.25, 0.3) is 0 Å². The van der Waals surface area contributed by atoms with Gasteiger partial charge in [0.05, 0.1) is 5.56 Å². The summed E-state index contributed by atoms with van der Waals surface area (Å²) in [6.07, 6.45) is 1.34. The van der Waals surface area contributed by atoms with Gasteiger partial charge in [-0.25, -0.2) is 4.98 Å². The molecule has 0 atom stereocenters. The second-order valence-corrected chi connectivity index (χ2v) is 5.47. The van der Waals surface area contributed by atoms with E-state index in [-0.39, 0.29) is 11.5 Å². The van der Waals surface area contributed by atoms with Gasteiger partial charge < -0.3 is 4.90 Å². The largest absolute Gasteiger partial charge is 0.330 e. The third kappa shape index (κ3) is 3.84. The lowest BCUT2D eigenvalue weighted by atomic mass is 10.1. The van der Waals surface area contributed by atoms with Crippen molar-refractivity contribution >= 4 is 5.91 Å². The Labute approximate surface area is 140 Å². The topological polar surface area (TPSA) is 33.2 Å². The number of carbonyl (C=O) groups is 1. The van der Waals surface area contributed by atoms with Gasteiger partial charge in [0.15, 0.2) is 0 Å². The number of pyridine rings is 1. The summed E-state index contributed by atoms with van der Waals surface area (Å²) in [6.45, 7) is 0.811. The number of benzene rings is 2. The van der Waals surface area contributed by atoms with Crippen LogP contribution in [0.4, 0.5) is 4.39 Å². The fourth-order valence-corrected chi connectivity index (χ4v) is 2.52. The second kappa shape index (κ2) is 7.51. The van der Waals surface area contributed by atoms with Crippen LogP contribution in [-0.2, 0) is 13.1 Å². The summed E-state index contributed by atoms with van der Waals surface area (Å²) in [7, 11) is 0. The molecule has 120 valence electrons. The molecule has 3 aromatic rings. The van der Waals surface area contributed by atoms with E-state index in [4.69, 9.17) is 0 Å². The van der Waals surface area contributed by atoms with E-state index in [0.29, 0.717) is 13.1 Å². The van der Waals surface area contributed by atoms with E-state index in [9.17, 15) is 9.18 Å². The Morgan fingerprint density at radius 2 is 1.38 bits per heavy atom. The molecule has 0 bridgehead atoms. The van der Waals surface area contributed by atoms with Gasteiger partial charge in [0.2, 0.25) is 5.95 Å². The summed E-state index contributed by atoms with van der Waals surface area (Å²) in [6, 6.07) is 22.4. The monoisotopic (exact) mass is 320 g/mol. The fraction of sp³-hybridized carbons (Fsp3) is 0.100. The number of hydrogen-bond donors (Lipinski definition) is 0. The second-order valence-electron chi connectivity index (χ2n) is 5.47. The normalized spacial score (nSPS) is 10.4. The molecule has 1 aromatic heterocycles. The van der Waals surface area contributed by atoms with Crippen molar-refractivity contribution in [1.82, 2.24) is 9.88 Å². The van der Waals surface area contributed by atoms with E-state index in [0.717, 1.165) is 11.1 Å². The highest BCUT2D eigenvalue weighted by molar-refractivity contribution is 5.94. The molecule has 4 heteroatoms. The van der Waals surface area contributed by atoms with Gasteiger partial charge in [0.1, 0.15) is 0 Å². The Kier molecular flexibility index (Phi) is 4.96. The maximum absolute atomic E-state index is 13.9. The first-order valence-electron chi connectivity index (χ1n) is 7.71. The zero-order valence-corrected chi connectivity index (χ0v) is 13.1. The lowest BCUT2D eigenvalue weighted by molar-refractivity contribution is 0.0724. The molecular formula is C20H17FN2O. The van der Waals surface area contributed by atoms with Crippen molar-refractivity contribution in [2.45, 2.75) is 13.1 Å². The van der Waals surface area contributed by atoms with E-state index in [1.807, 2.05) is 60.7 Å². The van der Waals surface area contributed by atoms with Gasteiger partial charge in [-0.1, -0.05) is 60.7 Å². The molecule has 0 saturated heterocycles. The smallest absolute Gasteiger partial charge is 0.259 e. The summed E-state index contributed by atoms with van der Waals surface area (Å²) in [5, 5.41) is 0. The number of hydrogen-bond acceptors (Lipinski definition) is 2.